The Bertz CT molecular complexity index is 610. The zero-order chi connectivity index (χ0) is 14.8. The predicted octanol–water partition coefficient (Wildman–Crippen LogP) is 2.31. The molecule has 21 heavy (non-hydrogen) atoms. The smallest absolute Gasteiger partial charge is 0.147 e. The summed E-state index contributed by atoms with van der Waals surface area (Å²) in [5.74, 6) is 2.45. The largest absolute Gasteiger partial charge is 0.297 e. The lowest BCUT2D eigenvalue weighted by Gasteiger charge is -2.32. The van der Waals surface area contributed by atoms with Crippen molar-refractivity contribution < 1.29 is 0 Å². The normalized spacial score (nSPS) is 20.0. The number of aromatic nitrogens is 5. The van der Waals surface area contributed by atoms with E-state index < -0.39 is 0 Å². The average molecular weight is 327 g/mol. The Balaban J connectivity index is 1.60. The van der Waals surface area contributed by atoms with E-state index in [0.717, 1.165) is 43.5 Å². The van der Waals surface area contributed by atoms with Gasteiger partial charge >= 0.3 is 0 Å². The summed E-state index contributed by atoms with van der Waals surface area (Å²) in [5, 5.41) is 8.57. The van der Waals surface area contributed by atoms with Crippen LogP contribution in [0.4, 0.5) is 0 Å². The Labute approximate surface area is 133 Å². The number of hydrogen-bond donors (Lipinski definition) is 0. The van der Waals surface area contributed by atoms with E-state index in [4.69, 9.17) is 11.6 Å². The van der Waals surface area contributed by atoms with Gasteiger partial charge in [0.15, 0.2) is 0 Å². The summed E-state index contributed by atoms with van der Waals surface area (Å²) < 4.78 is 6.64. The molecule has 0 unspecified atom stereocenters. The number of hydrogen-bond acceptors (Lipinski definition) is 6. The summed E-state index contributed by atoms with van der Waals surface area (Å²) in [6, 6.07) is 0. The summed E-state index contributed by atoms with van der Waals surface area (Å²) in [6.45, 7) is 7.83. The summed E-state index contributed by atoms with van der Waals surface area (Å²) >= 11 is 7.35. The molecule has 2 aromatic rings. The maximum absolute atomic E-state index is 6.09. The Morgan fingerprint density at radius 2 is 2.24 bits per heavy atom. The molecular weight excluding hydrogens is 308 g/mol. The van der Waals surface area contributed by atoms with Gasteiger partial charge in [-0.05, 0) is 39.2 Å². The number of aryl methyl sites for hydroxylation is 2. The van der Waals surface area contributed by atoms with Crippen molar-refractivity contribution in [1.82, 2.24) is 29.3 Å². The standard InChI is InChI=1S/C13H19ClN6S/c1-9-15-10(2)20(17-9)7-11-4-3-5-19(6-11)8-12-13(14)21-18-16-12/h11H,3-8H2,1-2H3/t11-/m1/s1. The number of piperidine rings is 1. The molecule has 0 spiro atoms. The third-order valence-corrected chi connectivity index (χ3v) is 4.86. The van der Waals surface area contributed by atoms with Gasteiger partial charge in [-0.25, -0.2) is 9.67 Å². The van der Waals surface area contributed by atoms with Crippen LogP contribution in [-0.2, 0) is 13.1 Å². The van der Waals surface area contributed by atoms with Crippen molar-refractivity contribution in [2.75, 3.05) is 13.1 Å². The molecule has 114 valence electrons. The summed E-state index contributed by atoms with van der Waals surface area (Å²) in [4.78, 5) is 6.78. The van der Waals surface area contributed by atoms with E-state index in [9.17, 15) is 0 Å². The molecule has 2 aromatic heterocycles. The second-order valence-corrected chi connectivity index (χ2v) is 6.98. The Morgan fingerprint density at radius 1 is 1.38 bits per heavy atom. The molecule has 3 heterocycles. The van der Waals surface area contributed by atoms with Crippen molar-refractivity contribution in [3.05, 3.63) is 21.7 Å². The van der Waals surface area contributed by atoms with E-state index in [1.165, 1.54) is 24.4 Å². The predicted molar refractivity (Wildman–Crippen MR) is 82.4 cm³/mol. The molecule has 8 heteroatoms. The fraction of sp³-hybridized carbons (Fsp3) is 0.692. The van der Waals surface area contributed by atoms with Crippen LogP contribution in [0, 0.1) is 19.8 Å². The monoisotopic (exact) mass is 326 g/mol. The molecule has 3 rings (SSSR count). The van der Waals surface area contributed by atoms with E-state index in [0.29, 0.717) is 10.3 Å². The zero-order valence-corrected chi connectivity index (χ0v) is 13.9. The first-order valence-corrected chi connectivity index (χ1v) is 8.34. The highest BCUT2D eigenvalue weighted by molar-refractivity contribution is 7.10. The first kappa shape index (κ1) is 14.9. The van der Waals surface area contributed by atoms with E-state index in [1.807, 2.05) is 18.5 Å². The van der Waals surface area contributed by atoms with E-state index >= 15 is 0 Å². The average Bonchev–Trinajstić information content (AvgIpc) is 2.97. The van der Waals surface area contributed by atoms with Crippen LogP contribution in [-0.4, -0.2) is 42.3 Å². The molecular formula is C13H19ClN6S. The molecule has 6 nitrogen and oxygen atoms in total. The molecule has 0 bridgehead atoms. The first-order valence-electron chi connectivity index (χ1n) is 7.19. The minimum Gasteiger partial charge on any atom is -0.297 e. The lowest BCUT2D eigenvalue weighted by molar-refractivity contribution is 0.151. The van der Waals surface area contributed by atoms with E-state index in [2.05, 4.69) is 24.6 Å². The second-order valence-electron chi connectivity index (χ2n) is 5.63. The Hall–Kier alpha value is -1.05. The van der Waals surface area contributed by atoms with Crippen LogP contribution in [0.25, 0.3) is 0 Å². The SMILES string of the molecule is Cc1nc(C)n(C[C@@H]2CCCN(Cc3nnsc3Cl)C2)n1. The fourth-order valence-electron chi connectivity index (χ4n) is 2.93. The molecule has 1 aliphatic heterocycles. The second kappa shape index (κ2) is 6.37. The lowest BCUT2D eigenvalue weighted by atomic mass is 9.98. The number of nitrogens with zero attached hydrogens (tertiary/aromatic N) is 6. The van der Waals surface area contributed by atoms with Crippen molar-refractivity contribution in [3.8, 4) is 0 Å². The van der Waals surface area contributed by atoms with Crippen LogP contribution in [0.2, 0.25) is 4.34 Å². The van der Waals surface area contributed by atoms with Crippen molar-refractivity contribution >= 4 is 23.1 Å². The summed E-state index contributed by atoms with van der Waals surface area (Å²) in [7, 11) is 0. The van der Waals surface area contributed by atoms with Crippen molar-refractivity contribution in [2.24, 2.45) is 5.92 Å². The molecule has 0 N–H and O–H groups in total. The number of halogens is 1. The Morgan fingerprint density at radius 3 is 2.90 bits per heavy atom. The van der Waals surface area contributed by atoms with Gasteiger partial charge in [0.25, 0.3) is 0 Å². The van der Waals surface area contributed by atoms with Gasteiger partial charge in [0.2, 0.25) is 0 Å². The minimum atomic E-state index is 0.601. The van der Waals surface area contributed by atoms with Gasteiger partial charge in [-0.2, -0.15) is 5.10 Å². The molecule has 1 saturated heterocycles. The topological polar surface area (TPSA) is 59.7 Å². The highest BCUT2D eigenvalue weighted by Gasteiger charge is 2.22. The molecule has 1 aliphatic rings. The summed E-state index contributed by atoms with van der Waals surface area (Å²) in [6.07, 6.45) is 2.43. The van der Waals surface area contributed by atoms with E-state index in [1.54, 1.807) is 0 Å². The quantitative estimate of drug-likeness (QED) is 0.863. The third kappa shape index (κ3) is 3.59. The van der Waals surface area contributed by atoms with Crippen LogP contribution in [0.1, 0.15) is 30.2 Å². The number of likely N-dealkylation sites (tertiary alicyclic amines) is 1. The third-order valence-electron chi connectivity index (χ3n) is 3.88. The lowest BCUT2D eigenvalue weighted by Crippen LogP contribution is -2.37. The molecule has 0 aromatic carbocycles. The van der Waals surface area contributed by atoms with E-state index in [-0.39, 0.29) is 0 Å². The van der Waals surface area contributed by atoms with Crippen LogP contribution < -0.4 is 0 Å². The van der Waals surface area contributed by atoms with Crippen LogP contribution in [0.15, 0.2) is 0 Å². The highest BCUT2D eigenvalue weighted by Crippen LogP contribution is 2.23. The van der Waals surface area contributed by atoms with Crippen LogP contribution in [0.5, 0.6) is 0 Å². The first-order chi connectivity index (χ1) is 10.1. The number of rotatable bonds is 4. The fourth-order valence-corrected chi connectivity index (χ4v) is 3.54. The van der Waals surface area contributed by atoms with Crippen LogP contribution in [0.3, 0.4) is 0 Å². The molecule has 0 radical (unpaired) electrons. The maximum Gasteiger partial charge on any atom is 0.147 e. The van der Waals surface area contributed by atoms with Gasteiger partial charge < -0.3 is 0 Å². The van der Waals surface area contributed by atoms with Gasteiger partial charge in [-0.15, -0.1) is 5.10 Å². The van der Waals surface area contributed by atoms with Gasteiger partial charge in [0, 0.05) is 31.2 Å². The van der Waals surface area contributed by atoms with Crippen molar-refractivity contribution in [3.63, 3.8) is 0 Å². The molecule has 0 saturated carbocycles. The van der Waals surface area contributed by atoms with Crippen molar-refractivity contribution in [1.29, 1.82) is 0 Å². The highest BCUT2D eigenvalue weighted by atomic mass is 35.5. The molecule has 1 fully saturated rings. The summed E-state index contributed by atoms with van der Waals surface area (Å²) in [5.41, 5.74) is 0.898. The van der Waals surface area contributed by atoms with Crippen molar-refractivity contribution in [2.45, 2.75) is 39.8 Å². The molecule has 0 aliphatic carbocycles. The molecule has 1 atom stereocenters. The maximum atomic E-state index is 6.09. The van der Waals surface area contributed by atoms with Gasteiger partial charge in [-0.3, -0.25) is 4.90 Å². The van der Waals surface area contributed by atoms with Crippen LogP contribution >= 0.6 is 23.1 Å². The zero-order valence-electron chi connectivity index (χ0n) is 12.3. The minimum absolute atomic E-state index is 0.601. The van der Waals surface area contributed by atoms with Gasteiger partial charge in [0.1, 0.15) is 21.7 Å². The van der Waals surface area contributed by atoms with Gasteiger partial charge in [0.05, 0.1) is 0 Å². The molecule has 0 amide bonds. The van der Waals surface area contributed by atoms with Gasteiger partial charge in [-0.1, -0.05) is 16.1 Å². The Kier molecular flexibility index (Phi) is 4.51.